The van der Waals surface area contributed by atoms with Crippen LogP contribution in [0.3, 0.4) is 0 Å². The maximum Gasteiger partial charge on any atom is 0.324 e. The van der Waals surface area contributed by atoms with E-state index in [0.29, 0.717) is 23.5 Å². The van der Waals surface area contributed by atoms with Crippen LogP contribution in [-0.2, 0) is 0 Å². The first-order chi connectivity index (χ1) is 9.32. The van der Waals surface area contributed by atoms with Crippen LogP contribution in [-0.4, -0.2) is 40.9 Å². The lowest BCUT2D eigenvalue weighted by molar-refractivity contribution is -0.380. The number of rotatable bonds is 7. The van der Waals surface area contributed by atoms with Gasteiger partial charge in [0.05, 0.1) is 9.80 Å². The average Bonchev–Trinajstić information content (AvgIpc) is 2.82. The molecular formula is C13H21N3O3S. The number of thiophene rings is 1. The van der Waals surface area contributed by atoms with Crippen molar-refractivity contribution >= 4 is 22.2 Å². The van der Waals surface area contributed by atoms with E-state index in [4.69, 9.17) is 0 Å². The van der Waals surface area contributed by atoms with Crippen LogP contribution in [0, 0.1) is 10.1 Å². The minimum absolute atomic E-state index is 0.0128. The molecule has 0 unspecified atom stereocenters. The molecule has 1 rings (SSSR count). The summed E-state index contributed by atoms with van der Waals surface area (Å²) in [6.45, 7) is 9.75. The maximum absolute atomic E-state index is 11.9. The Morgan fingerprint density at radius 3 is 2.40 bits per heavy atom. The van der Waals surface area contributed by atoms with Gasteiger partial charge in [-0.3, -0.25) is 19.8 Å². The summed E-state index contributed by atoms with van der Waals surface area (Å²) in [5, 5.41) is 13.4. The highest BCUT2D eigenvalue weighted by molar-refractivity contribution is 7.17. The monoisotopic (exact) mass is 299 g/mol. The summed E-state index contributed by atoms with van der Waals surface area (Å²) in [6, 6.07) is 3.67. The summed E-state index contributed by atoms with van der Waals surface area (Å²) in [4.78, 5) is 24.6. The molecule has 1 heterocycles. The summed E-state index contributed by atoms with van der Waals surface area (Å²) >= 11 is 0.896. The van der Waals surface area contributed by atoms with Gasteiger partial charge in [-0.2, -0.15) is 0 Å². The van der Waals surface area contributed by atoms with Gasteiger partial charge in [-0.05, 0) is 33.8 Å². The van der Waals surface area contributed by atoms with Crippen molar-refractivity contribution < 1.29 is 9.72 Å². The predicted molar refractivity (Wildman–Crippen MR) is 80.3 cm³/mol. The molecule has 7 heteroatoms. The van der Waals surface area contributed by atoms with Crippen molar-refractivity contribution in [2.45, 2.75) is 39.8 Å². The molecule has 0 atom stereocenters. The third kappa shape index (κ3) is 4.57. The van der Waals surface area contributed by atoms with Crippen molar-refractivity contribution in [1.29, 1.82) is 0 Å². The van der Waals surface area contributed by atoms with Gasteiger partial charge in [0.1, 0.15) is 0 Å². The molecule has 0 aliphatic rings. The Kier molecular flexibility index (Phi) is 6.09. The average molecular weight is 299 g/mol. The van der Waals surface area contributed by atoms with Crippen LogP contribution in [0.4, 0.5) is 5.00 Å². The number of hydrogen-bond donors (Lipinski definition) is 1. The molecule has 0 saturated carbocycles. The zero-order valence-electron chi connectivity index (χ0n) is 12.3. The van der Waals surface area contributed by atoms with Gasteiger partial charge >= 0.3 is 5.00 Å². The normalized spacial score (nSPS) is 11.3. The Balaban J connectivity index is 2.48. The van der Waals surface area contributed by atoms with E-state index in [0.717, 1.165) is 17.9 Å². The van der Waals surface area contributed by atoms with Gasteiger partial charge in [-0.1, -0.05) is 11.3 Å². The van der Waals surface area contributed by atoms with E-state index in [1.165, 1.54) is 12.1 Å². The van der Waals surface area contributed by atoms with Crippen LogP contribution in [0.2, 0.25) is 0 Å². The molecule has 20 heavy (non-hydrogen) atoms. The second kappa shape index (κ2) is 7.35. The quantitative estimate of drug-likeness (QED) is 0.620. The van der Waals surface area contributed by atoms with Crippen molar-refractivity contribution in [1.82, 2.24) is 10.2 Å². The molecule has 112 valence electrons. The molecule has 1 aromatic rings. The Morgan fingerprint density at radius 1 is 1.35 bits per heavy atom. The second-order valence-electron chi connectivity index (χ2n) is 5.08. The summed E-state index contributed by atoms with van der Waals surface area (Å²) < 4.78 is 0. The number of carbonyl (C=O) groups is 1. The number of carbonyl (C=O) groups excluding carboxylic acids is 1. The summed E-state index contributed by atoms with van der Waals surface area (Å²) in [5.74, 6) is -0.254. The van der Waals surface area contributed by atoms with Gasteiger partial charge in [0.2, 0.25) is 0 Å². The summed E-state index contributed by atoms with van der Waals surface area (Å²) in [5.41, 5.74) is 0. The van der Waals surface area contributed by atoms with E-state index in [2.05, 4.69) is 37.9 Å². The first kappa shape index (κ1) is 16.6. The van der Waals surface area contributed by atoms with Crippen LogP contribution in [0.25, 0.3) is 0 Å². The SMILES string of the molecule is CC(C)N(CCNC(=O)c1ccc([N+](=O)[O-])s1)C(C)C. The first-order valence-electron chi connectivity index (χ1n) is 6.61. The molecule has 0 radical (unpaired) electrons. The van der Waals surface area contributed by atoms with E-state index in [1.807, 2.05) is 0 Å². The highest BCUT2D eigenvalue weighted by Crippen LogP contribution is 2.23. The fourth-order valence-electron chi connectivity index (χ4n) is 2.05. The van der Waals surface area contributed by atoms with Gasteiger partial charge < -0.3 is 5.32 Å². The molecule has 0 spiro atoms. The molecule has 0 aliphatic heterocycles. The van der Waals surface area contributed by atoms with Crippen LogP contribution < -0.4 is 5.32 Å². The molecule has 1 N–H and O–H groups in total. The van der Waals surface area contributed by atoms with Crippen LogP contribution in [0.15, 0.2) is 12.1 Å². The van der Waals surface area contributed by atoms with Crippen LogP contribution in [0.5, 0.6) is 0 Å². The van der Waals surface area contributed by atoms with Gasteiger partial charge in [0, 0.05) is 31.2 Å². The lowest BCUT2D eigenvalue weighted by Crippen LogP contribution is -2.42. The third-order valence-electron chi connectivity index (χ3n) is 2.98. The minimum Gasteiger partial charge on any atom is -0.350 e. The van der Waals surface area contributed by atoms with Crippen molar-refractivity contribution in [3.05, 3.63) is 27.1 Å². The molecule has 0 saturated heterocycles. The molecule has 0 fully saturated rings. The molecule has 1 amide bonds. The molecule has 0 bridgehead atoms. The second-order valence-corrected chi connectivity index (χ2v) is 6.14. The number of nitro groups is 1. The van der Waals surface area contributed by atoms with Crippen molar-refractivity contribution in [2.24, 2.45) is 0 Å². The van der Waals surface area contributed by atoms with Crippen molar-refractivity contribution in [3.63, 3.8) is 0 Å². The molecule has 6 nitrogen and oxygen atoms in total. The van der Waals surface area contributed by atoms with Gasteiger partial charge in [0.15, 0.2) is 0 Å². The topological polar surface area (TPSA) is 75.5 Å². The summed E-state index contributed by atoms with van der Waals surface area (Å²) in [7, 11) is 0. The highest BCUT2D eigenvalue weighted by atomic mass is 32.1. The lowest BCUT2D eigenvalue weighted by Gasteiger charge is -2.30. The fourth-order valence-corrected chi connectivity index (χ4v) is 2.78. The van der Waals surface area contributed by atoms with Crippen LogP contribution >= 0.6 is 11.3 Å². The Labute approximate surface area is 122 Å². The Morgan fingerprint density at radius 2 is 1.95 bits per heavy atom. The number of nitrogens with zero attached hydrogens (tertiary/aromatic N) is 2. The maximum atomic E-state index is 11.9. The predicted octanol–water partition coefficient (Wildman–Crippen LogP) is 2.50. The third-order valence-corrected chi connectivity index (χ3v) is 4.01. The van der Waals surface area contributed by atoms with Crippen molar-refractivity contribution in [2.75, 3.05) is 13.1 Å². The zero-order chi connectivity index (χ0) is 15.3. The molecule has 1 aromatic heterocycles. The van der Waals surface area contributed by atoms with Gasteiger partial charge in [-0.25, -0.2) is 0 Å². The minimum atomic E-state index is -0.485. The lowest BCUT2D eigenvalue weighted by atomic mass is 10.2. The van der Waals surface area contributed by atoms with Gasteiger partial charge in [0.25, 0.3) is 5.91 Å². The Hall–Kier alpha value is -1.47. The zero-order valence-corrected chi connectivity index (χ0v) is 13.1. The molecule has 0 aromatic carbocycles. The van der Waals surface area contributed by atoms with Gasteiger partial charge in [-0.15, -0.1) is 0 Å². The Bertz CT molecular complexity index is 463. The molecule has 0 aliphatic carbocycles. The number of hydrogen-bond acceptors (Lipinski definition) is 5. The van der Waals surface area contributed by atoms with Crippen LogP contribution in [0.1, 0.15) is 37.4 Å². The van der Waals surface area contributed by atoms with E-state index in [1.54, 1.807) is 0 Å². The first-order valence-corrected chi connectivity index (χ1v) is 7.42. The molecular weight excluding hydrogens is 278 g/mol. The van der Waals surface area contributed by atoms with E-state index < -0.39 is 4.92 Å². The summed E-state index contributed by atoms with van der Waals surface area (Å²) in [6.07, 6.45) is 0. The van der Waals surface area contributed by atoms with Crippen molar-refractivity contribution in [3.8, 4) is 0 Å². The fraction of sp³-hybridized carbons (Fsp3) is 0.615. The largest absolute Gasteiger partial charge is 0.350 e. The number of amides is 1. The standard InChI is InChI=1S/C13H21N3O3S/c1-9(2)15(10(3)4)8-7-14-13(17)11-5-6-12(20-11)16(18)19/h5-6,9-10H,7-8H2,1-4H3,(H,14,17). The van der Waals surface area contributed by atoms with E-state index >= 15 is 0 Å². The van der Waals surface area contributed by atoms with E-state index in [9.17, 15) is 14.9 Å². The smallest absolute Gasteiger partial charge is 0.324 e. The van der Waals surface area contributed by atoms with E-state index in [-0.39, 0.29) is 10.9 Å². The number of nitrogens with one attached hydrogen (secondary N) is 1. The highest BCUT2D eigenvalue weighted by Gasteiger charge is 2.16.